The molecule has 1 aromatic carbocycles. The minimum absolute atomic E-state index is 0.183. The van der Waals surface area contributed by atoms with E-state index in [9.17, 15) is 4.57 Å². The molecule has 0 spiro atoms. The third-order valence-electron chi connectivity index (χ3n) is 5.70. The summed E-state index contributed by atoms with van der Waals surface area (Å²) in [6.45, 7) is 3.28. The van der Waals surface area contributed by atoms with E-state index in [1.165, 1.54) is 77.0 Å². The fraction of sp³-hybridized carbons (Fsp3) is 0.769. The predicted octanol–water partition coefficient (Wildman–Crippen LogP) is 7.18. The molecule has 1 aromatic rings. The molecular formula is C26H47O6P. The summed E-state index contributed by atoms with van der Waals surface area (Å²) in [4.78, 5) is 17.9. The second-order valence-electron chi connectivity index (χ2n) is 8.88. The lowest BCUT2D eigenvalue weighted by Gasteiger charge is -2.18. The molecule has 0 fully saturated rings. The first-order valence-corrected chi connectivity index (χ1v) is 14.5. The second-order valence-corrected chi connectivity index (χ2v) is 10.1. The number of hydrogen-bond acceptors (Lipinski definition) is 4. The molecule has 2 N–H and O–H groups in total. The zero-order valence-electron chi connectivity index (χ0n) is 20.7. The molecule has 0 aromatic heterocycles. The summed E-state index contributed by atoms with van der Waals surface area (Å²) in [7, 11) is -4.52. The number of hydrogen-bond donors (Lipinski definition) is 2. The lowest BCUT2D eigenvalue weighted by molar-refractivity contribution is -0.0464. The monoisotopic (exact) mass is 486 g/mol. The van der Waals surface area contributed by atoms with Gasteiger partial charge in [-0.05, 0) is 12.0 Å². The van der Waals surface area contributed by atoms with E-state index in [4.69, 9.17) is 19.3 Å². The maximum absolute atomic E-state index is 11.0. The largest absolute Gasteiger partial charge is 0.469 e. The third-order valence-corrected chi connectivity index (χ3v) is 6.18. The SMILES string of the molecule is CCCCCCCCCCCCCCCCOC(COCc1ccccc1)COP(=O)(O)O. The Balaban J connectivity index is 2.03. The van der Waals surface area contributed by atoms with Crippen LogP contribution < -0.4 is 0 Å². The Morgan fingerprint density at radius 2 is 1.27 bits per heavy atom. The van der Waals surface area contributed by atoms with Crippen LogP contribution >= 0.6 is 7.82 Å². The first-order valence-electron chi connectivity index (χ1n) is 12.9. The molecule has 6 nitrogen and oxygen atoms in total. The van der Waals surface area contributed by atoms with Gasteiger partial charge in [0.1, 0.15) is 6.10 Å². The Kier molecular flexibility index (Phi) is 18.9. The van der Waals surface area contributed by atoms with E-state index in [0.29, 0.717) is 13.2 Å². The van der Waals surface area contributed by atoms with E-state index in [1.807, 2.05) is 30.3 Å². The van der Waals surface area contributed by atoms with Crippen LogP contribution in [0.3, 0.4) is 0 Å². The van der Waals surface area contributed by atoms with Crippen molar-refractivity contribution in [3.8, 4) is 0 Å². The molecule has 0 heterocycles. The number of rotatable bonds is 23. The zero-order valence-corrected chi connectivity index (χ0v) is 21.6. The summed E-state index contributed by atoms with van der Waals surface area (Å²) in [6.07, 6.45) is 17.7. The van der Waals surface area contributed by atoms with Crippen LogP contribution in [0.15, 0.2) is 30.3 Å². The summed E-state index contributed by atoms with van der Waals surface area (Å²) < 4.78 is 27.1. The Morgan fingerprint density at radius 1 is 0.758 bits per heavy atom. The van der Waals surface area contributed by atoms with Crippen LogP contribution in [0.4, 0.5) is 0 Å². The van der Waals surface area contributed by atoms with Crippen LogP contribution in [-0.4, -0.2) is 35.7 Å². The smallest absolute Gasteiger partial charge is 0.374 e. The molecule has 0 amide bonds. The number of benzene rings is 1. The molecule has 0 saturated carbocycles. The molecule has 1 atom stereocenters. The fourth-order valence-corrected chi connectivity index (χ4v) is 4.11. The average Bonchev–Trinajstić information content (AvgIpc) is 2.79. The van der Waals surface area contributed by atoms with Gasteiger partial charge in [0.15, 0.2) is 0 Å². The Bertz CT molecular complexity index is 592. The molecule has 0 aliphatic rings. The Hall–Kier alpha value is -0.750. The minimum atomic E-state index is -4.52. The molecule has 0 aliphatic heterocycles. The van der Waals surface area contributed by atoms with Gasteiger partial charge in [-0.1, -0.05) is 121 Å². The standard InChI is InChI=1S/C26H47O6P/c1-2-3-4-5-6-7-8-9-10-11-12-13-14-18-21-31-26(24-32-33(27,28)29)23-30-22-25-19-16-15-17-20-25/h15-17,19-20,26H,2-14,18,21-24H2,1H3,(H2,27,28,29). The van der Waals surface area contributed by atoms with Gasteiger partial charge in [0, 0.05) is 6.61 Å². The first kappa shape index (κ1) is 30.3. The van der Waals surface area contributed by atoms with E-state index in [2.05, 4.69) is 11.4 Å². The van der Waals surface area contributed by atoms with Gasteiger partial charge >= 0.3 is 7.82 Å². The van der Waals surface area contributed by atoms with Gasteiger partial charge in [-0.2, -0.15) is 0 Å². The molecule has 192 valence electrons. The van der Waals surface area contributed by atoms with Crippen LogP contribution in [0, 0.1) is 0 Å². The minimum Gasteiger partial charge on any atom is -0.374 e. The third kappa shape index (κ3) is 20.3. The van der Waals surface area contributed by atoms with Crippen LogP contribution in [0.5, 0.6) is 0 Å². The number of ether oxygens (including phenoxy) is 2. The molecular weight excluding hydrogens is 439 g/mol. The van der Waals surface area contributed by atoms with Crippen LogP contribution in [0.25, 0.3) is 0 Å². The van der Waals surface area contributed by atoms with Gasteiger partial charge in [-0.3, -0.25) is 4.52 Å². The summed E-state index contributed by atoms with van der Waals surface area (Å²) in [5.41, 5.74) is 1.04. The van der Waals surface area contributed by atoms with Crippen molar-refractivity contribution in [1.82, 2.24) is 0 Å². The average molecular weight is 487 g/mol. The molecule has 33 heavy (non-hydrogen) atoms. The van der Waals surface area contributed by atoms with Gasteiger partial charge in [0.05, 0.1) is 19.8 Å². The zero-order chi connectivity index (χ0) is 24.0. The number of phosphoric ester groups is 1. The summed E-state index contributed by atoms with van der Waals surface area (Å²) in [5, 5.41) is 0. The van der Waals surface area contributed by atoms with Gasteiger partial charge in [0.2, 0.25) is 0 Å². The molecule has 0 bridgehead atoms. The normalized spacial score (nSPS) is 12.8. The van der Waals surface area contributed by atoms with Crippen LogP contribution in [0.1, 0.15) is 102 Å². The van der Waals surface area contributed by atoms with Crippen molar-refractivity contribution in [2.24, 2.45) is 0 Å². The number of unbranched alkanes of at least 4 members (excludes halogenated alkanes) is 13. The highest BCUT2D eigenvalue weighted by molar-refractivity contribution is 7.46. The highest BCUT2D eigenvalue weighted by Crippen LogP contribution is 2.35. The molecule has 1 unspecified atom stereocenters. The second kappa shape index (κ2) is 20.6. The lowest BCUT2D eigenvalue weighted by Crippen LogP contribution is -2.25. The van der Waals surface area contributed by atoms with Crippen LogP contribution in [0.2, 0.25) is 0 Å². The van der Waals surface area contributed by atoms with Crippen molar-refractivity contribution in [1.29, 1.82) is 0 Å². The van der Waals surface area contributed by atoms with Crippen LogP contribution in [-0.2, 0) is 25.2 Å². The maximum Gasteiger partial charge on any atom is 0.469 e. The van der Waals surface area contributed by atoms with Gasteiger partial charge in [-0.25, -0.2) is 4.57 Å². The highest BCUT2D eigenvalue weighted by Gasteiger charge is 2.19. The van der Waals surface area contributed by atoms with Crippen molar-refractivity contribution in [3.63, 3.8) is 0 Å². The van der Waals surface area contributed by atoms with E-state index in [0.717, 1.165) is 18.4 Å². The number of phosphoric acid groups is 1. The lowest BCUT2D eigenvalue weighted by atomic mass is 10.0. The summed E-state index contributed by atoms with van der Waals surface area (Å²) >= 11 is 0. The molecule has 0 aliphatic carbocycles. The van der Waals surface area contributed by atoms with E-state index in [-0.39, 0.29) is 13.2 Å². The summed E-state index contributed by atoms with van der Waals surface area (Å²) in [5.74, 6) is 0. The molecule has 0 saturated heterocycles. The van der Waals surface area contributed by atoms with Crippen molar-refractivity contribution in [2.45, 2.75) is 110 Å². The Morgan fingerprint density at radius 3 is 1.79 bits per heavy atom. The molecule has 0 radical (unpaired) electrons. The quantitative estimate of drug-likeness (QED) is 0.126. The van der Waals surface area contributed by atoms with Gasteiger partial charge in [-0.15, -0.1) is 0 Å². The fourth-order valence-electron chi connectivity index (χ4n) is 3.75. The molecule has 1 rings (SSSR count). The topological polar surface area (TPSA) is 85.2 Å². The van der Waals surface area contributed by atoms with E-state index < -0.39 is 13.9 Å². The van der Waals surface area contributed by atoms with E-state index >= 15 is 0 Å². The van der Waals surface area contributed by atoms with Crippen molar-refractivity contribution >= 4 is 7.82 Å². The van der Waals surface area contributed by atoms with Gasteiger partial charge in [0.25, 0.3) is 0 Å². The molecule has 7 heteroatoms. The first-order chi connectivity index (χ1) is 16.0. The van der Waals surface area contributed by atoms with Crippen molar-refractivity contribution in [3.05, 3.63) is 35.9 Å². The van der Waals surface area contributed by atoms with E-state index in [1.54, 1.807) is 0 Å². The predicted molar refractivity (Wildman–Crippen MR) is 134 cm³/mol. The summed E-state index contributed by atoms with van der Waals surface area (Å²) in [6, 6.07) is 9.77. The van der Waals surface area contributed by atoms with Crippen molar-refractivity contribution in [2.75, 3.05) is 19.8 Å². The highest BCUT2D eigenvalue weighted by atomic mass is 31.2. The maximum atomic E-state index is 11.0. The van der Waals surface area contributed by atoms with Crippen molar-refractivity contribution < 1.29 is 28.3 Å². The van der Waals surface area contributed by atoms with Gasteiger partial charge < -0.3 is 19.3 Å². The Labute approximate surface area is 201 Å².